The number of aliphatic hydroxyl groups excluding tert-OH is 1. The molecule has 0 aliphatic carbocycles. The lowest BCUT2D eigenvalue weighted by Crippen LogP contribution is -2.34. The second-order valence-corrected chi connectivity index (χ2v) is 8.35. The predicted octanol–water partition coefficient (Wildman–Crippen LogP) is 3.37. The molecule has 0 spiro atoms. The Balaban J connectivity index is 1.27. The average Bonchev–Trinajstić information content (AvgIpc) is 3.50. The zero-order valence-electron chi connectivity index (χ0n) is 18.8. The van der Waals surface area contributed by atoms with E-state index in [-0.39, 0.29) is 31.0 Å². The third-order valence-corrected chi connectivity index (χ3v) is 6.07. The van der Waals surface area contributed by atoms with E-state index in [0.717, 1.165) is 22.0 Å². The van der Waals surface area contributed by atoms with Gasteiger partial charge >= 0.3 is 0 Å². The molecule has 5 rings (SSSR count). The topological polar surface area (TPSA) is 102 Å². The van der Waals surface area contributed by atoms with Gasteiger partial charge in [0.2, 0.25) is 13.1 Å². The molecule has 34 heavy (non-hydrogen) atoms. The molecule has 3 N–H and O–H groups in total. The number of carbonyl (C=O) groups is 1. The number of fused-ring (bicyclic) bond motifs is 2. The number of nitrogens with one attached hydrogen (secondary N) is 2. The fourth-order valence-corrected chi connectivity index (χ4v) is 4.31. The number of ether oxygens (including phenoxy) is 4. The van der Waals surface area contributed by atoms with Crippen molar-refractivity contribution < 1.29 is 28.8 Å². The molecular weight excluding hydrogens is 436 g/mol. The van der Waals surface area contributed by atoms with Crippen molar-refractivity contribution in [1.29, 1.82) is 0 Å². The van der Waals surface area contributed by atoms with E-state index in [4.69, 9.17) is 24.1 Å². The molecular formula is C26H28N2O6. The normalized spacial score (nSPS) is 19.0. The number of aromatic nitrogens is 1. The first-order valence-corrected chi connectivity index (χ1v) is 11.5. The van der Waals surface area contributed by atoms with Gasteiger partial charge in [0.05, 0.1) is 6.61 Å². The van der Waals surface area contributed by atoms with Crippen molar-refractivity contribution in [3.05, 3.63) is 71.6 Å². The highest BCUT2D eigenvalue weighted by molar-refractivity contribution is 5.91. The van der Waals surface area contributed by atoms with E-state index >= 15 is 0 Å². The van der Waals surface area contributed by atoms with Crippen LogP contribution in [0.15, 0.2) is 60.5 Å². The summed E-state index contributed by atoms with van der Waals surface area (Å²) in [6.07, 6.45) is 4.99. The monoisotopic (exact) mass is 464 g/mol. The Morgan fingerprint density at radius 1 is 1.18 bits per heavy atom. The van der Waals surface area contributed by atoms with Crippen molar-refractivity contribution in [2.75, 3.05) is 26.6 Å². The van der Waals surface area contributed by atoms with Crippen molar-refractivity contribution in [2.45, 2.75) is 31.5 Å². The number of hydrogen-bond donors (Lipinski definition) is 3. The van der Waals surface area contributed by atoms with Crippen molar-refractivity contribution in [3.8, 4) is 11.5 Å². The largest absolute Gasteiger partial charge is 0.459 e. The molecule has 2 atom stereocenters. The second kappa shape index (κ2) is 10.2. The summed E-state index contributed by atoms with van der Waals surface area (Å²) < 4.78 is 22.6. The number of amides is 1. The van der Waals surface area contributed by atoms with Gasteiger partial charge in [-0.15, -0.1) is 0 Å². The van der Waals surface area contributed by atoms with Crippen LogP contribution < -0.4 is 14.8 Å². The SMILES string of the molecule is O=C(NCCc1c[nH]c2ccccc12)C1=C[C@H](c2ccc3c(c2)OCO3)C[C@H](OCCCO)O1. The van der Waals surface area contributed by atoms with E-state index < -0.39 is 6.29 Å². The smallest absolute Gasteiger partial charge is 0.286 e. The number of benzene rings is 2. The Morgan fingerprint density at radius 3 is 2.97 bits per heavy atom. The number of carbonyl (C=O) groups excluding carboxylic acids is 1. The summed E-state index contributed by atoms with van der Waals surface area (Å²) in [5.41, 5.74) is 3.22. The Kier molecular flexibility index (Phi) is 6.69. The lowest BCUT2D eigenvalue weighted by Gasteiger charge is -2.29. The lowest BCUT2D eigenvalue weighted by atomic mass is 9.92. The average molecular weight is 465 g/mol. The third-order valence-electron chi connectivity index (χ3n) is 6.07. The minimum atomic E-state index is -0.582. The number of aromatic amines is 1. The molecule has 3 heterocycles. The van der Waals surface area contributed by atoms with Crippen molar-refractivity contribution in [3.63, 3.8) is 0 Å². The quantitative estimate of drug-likeness (QED) is 0.420. The number of para-hydroxylation sites is 1. The summed E-state index contributed by atoms with van der Waals surface area (Å²) >= 11 is 0. The van der Waals surface area contributed by atoms with E-state index in [0.29, 0.717) is 43.9 Å². The van der Waals surface area contributed by atoms with E-state index in [1.807, 2.05) is 48.7 Å². The van der Waals surface area contributed by atoms with Gasteiger partial charge in [-0.1, -0.05) is 24.3 Å². The molecule has 0 saturated heterocycles. The van der Waals surface area contributed by atoms with Gasteiger partial charge in [0, 0.05) is 42.6 Å². The summed E-state index contributed by atoms with van der Waals surface area (Å²) in [6.45, 7) is 1.07. The third kappa shape index (κ3) is 4.88. The fraction of sp³-hybridized carbons (Fsp3) is 0.346. The van der Waals surface area contributed by atoms with Crippen LogP contribution in [0.1, 0.15) is 29.9 Å². The number of hydrogen-bond acceptors (Lipinski definition) is 6. The minimum Gasteiger partial charge on any atom is -0.459 e. The molecule has 2 aliphatic rings. The van der Waals surface area contributed by atoms with Gasteiger partial charge in [-0.05, 0) is 48.2 Å². The lowest BCUT2D eigenvalue weighted by molar-refractivity contribution is -0.146. The van der Waals surface area contributed by atoms with E-state index in [1.54, 1.807) is 0 Å². The van der Waals surface area contributed by atoms with Gasteiger partial charge in [-0.3, -0.25) is 4.79 Å². The molecule has 1 aromatic heterocycles. The van der Waals surface area contributed by atoms with Crippen LogP contribution in [0.4, 0.5) is 0 Å². The summed E-state index contributed by atoms with van der Waals surface area (Å²) in [6, 6.07) is 13.9. The zero-order valence-corrected chi connectivity index (χ0v) is 18.8. The van der Waals surface area contributed by atoms with Crippen molar-refractivity contribution in [2.24, 2.45) is 0 Å². The van der Waals surface area contributed by atoms with E-state index in [2.05, 4.69) is 16.4 Å². The molecule has 0 bridgehead atoms. The minimum absolute atomic E-state index is 0.0370. The number of allylic oxidation sites excluding steroid dienone is 1. The Hall–Kier alpha value is -3.49. The molecule has 8 nitrogen and oxygen atoms in total. The van der Waals surface area contributed by atoms with Crippen molar-refractivity contribution >= 4 is 16.8 Å². The Bertz CT molecular complexity index is 1190. The maximum absolute atomic E-state index is 13.0. The summed E-state index contributed by atoms with van der Waals surface area (Å²) in [5, 5.41) is 13.2. The van der Waals surface area contributed by atoms with Crippen LogP contribution in [-0.4, -0.2) is 48.8 Å². The maximum Gasteiger partial charge on any atom is 0.286 e. The number of rotatable bonds is 9. The highest BCUT2D eigenvalue weighted by Gasteiger charge is 2.29. The van der Waals surface area contributed by atoms with Crippen molar-refractivity contribution in [1.82, 2.24) is 10.3 Å². The van der Waals surface area contributed by atoms with Crippen LogP contribution in [-0.2, 0) is 20.7 Å². The zero-order chi connectivity index (χ0) is 23.3. The molecule has 0 fully saturated rings. The molecule has 8 heteroatoms. The van der Waals surface area contributed by atoms with Crippen LogP contribution in [0.3, 0.4) is 0 Å². The van der Waals surface area contributed by atoms with E-state index in [1.165, 1.54) is 0 Å². The molecule has 3 aromatic rings. The van der Waals surface area contributed by atoms with Gasteiger partial charge in [0.15, 0.2) is 17.3 Å². The summed E-state index contributed by atoms with van der Waals surface area (Å²) in [5.74, 6) is 1.28. The molecule has 0 radical (unpaired) electrons. The van der Waals surface area contributed by atoms with Gasteiger partial charge < -0.3 is 34.4 Å². The summed E-state index contributed by atoms with van der Waals surface area (Å²) in [4.78, 5) is 16.2. The van der Waals surface area contributed by atoms with E-state index in [9.17, 15) is 4.79 Å². The van der Waals surface area contributed by atoms with Crippen LogP contribution >= 0.6 is 0 Å². The van der Waals surface area contributed by atoms with Gasteiger partial charge in [0.1, 0.15) is 0 Å². The molecule has 2 aliphatic heterocycles. The van der Waals surface area contributed by atoms with Crippen LogP contribution in [0.5, 0.6) is 11.5 Å². The first-order valence-electron chi connectivity index (χ1n) is 11.5. The first kappa shape index (κ1) is 22.3. The standard InChI is InChI=1S/C26H28N2O6/c29-10-3-11-31-25-14-19(17-6-7-22-23(12-17)33-16-32-22)13-24(34-25)26(30)27-9-8-18-15-28-21-5-2-1-4-20(18)21/h1-2,4-7,12-13,15,19,25,28-29H,3,8-11,14,16H2,(H,27,30)/t19-,25+/m0/s1. The van der Waals surface area contributed by atoms with Gasteiger partial charge in [-0.2, -0.15) is 0 Å². The highest BCUT2D eigenvalue weighted by Crippen LogP contribution is 2.38. The first-order chi connectivity index (χ1) is 16.7. The number of H-pyrrole nitrogens is 1. The maximum atomic E-state index is 13.0. The van der Waals surface area contributed by atoms with Crippen LogP contribution in [0.2, 0.25) is 0 Å². The second-order valence-electron chi connectivity index (χ2n) is 8.35. The molecule has 2 aromatic carbocycles. The fourth-order valence-electron chi connectivity index (χ4n) is 4.31. The summed E-state index contributed by atoms with van der Waals surface area (Å²) in [7, 11) is 0. The van der Waals surface area contributed by atoms with Gasteiger partial charge in [0.25, 0.3) is 5.91 Å². The molecule has 0 saturated carbocycles. The molecule has 1 amide bonds. The molecule has 178 valence electrons. The van der Waals surface area contributed by atoms with Gasteiger partial charge in [-0.25, -0.2) is 0 Å². The van der Waals surface area contributed by atoms with Crippen LogP contribution in [0, 0.1) is 0 Å². The highest BCUT2D eigenvalue weighted by atomic mass is 16.7. The van der Waals surface area contributed by atoms with Crippen LogP contribution in [0.25, 0.3) is 10.9 Å². The number of aliphatic hydroxyl groups is 1. The Labute approximate surface area is 197 Å². The molecule has 0 unspecified atom stereocenters. The Morgan fingerprint density at radius 2 is 2.06 bits per heavy atom. The predicted molar refractivity (Wildman–Crippen MR) is 126 cm³/mol.